The summed E-state index contributed by atoms with van der Waals surface area (Å²) in [6.07, 6.45) is 1.84. The molecule has 4 rings (SSSR count). The minimum absolute atomic E-state index is 0.0262. The van der Waals surface area contributed by atoms with E-state index < -0.39 is 0 Å². The van der Waals surface area contributed by atoms with Gasteiger partial charge < -0.3 is 10.1 Å². The number of hydrogen-bond acceptors (Lipinski definition) is 4. The van der Waals surface area contributed by atoms with Gasteiger partial charge in [0.05, 0.1) is 5.69 Å². The number of nitrogens with one attached hydrogen (secondary N) is 1. The topological polar surface area (TPSA) is 61.9 Å². The molecule has 2 amide bonds. The Bertz CT molecular complexity index is 876. The molecule has 1 N–H and O–H groups in total. The van der Waals surface area contributed by atoms with Gasteiger partial charge in [0, 0.05) is 25.7 Å². The Morgan fingerprint density at radius 1 is 1.14 bits per heavy atom. The Labute approximate surface area is 171 Å². The number of anilines is 1. The van der Waals surface area contributed by atoms with Crippen molar-refractivity contribution in [3.05, 3.63) is 59.7 Å². The lowest BCUT2D eigenvalue weighted by Gasteiger charge is -2.33. The van der Waals surface area contributed by atoms with Crippen LogP contribution in [0.3, 0.4) is 0 Å². The number of benzene rings is 2. The van der Waals surface area contributed by atoms with Crippen molar-refractivity contribution in [2.45, 2.75) is 32.4 Å². The van der Waals surface area contributed by atoms with Crippen molar-refractivity contribution >= 4 is 17.5 Å². The average molecular weight is 393 g/mol. The quantitative estimate of drug-likeness (QED) is 0.848. The second-order valence-corrected chi connectivity index (χ2v) is 7.84. The summed E-state index contributed by atoms with van der Waals surface area (Å²) in [7, 11) is 0. The summed E-state index contributed by atoms with van der Waals surface area (Å²) in [5, 5.41) is 3.11. The van der Waals surface area contributed by atoms with Crippen LogP contribution in [-0.2, 0) is 16.1 Å². The Morgan fingerprint density at radius 3 is 2.66 bits per heavy atom. The highest BCUT2D eigenvalue weighted by atomic mass is 16.5. The molecule has 0 unspecified atom stereocenters. The zero-order chi connectivity index (χ0) is 20.2. The van der Waals surface area contributed by atoms with E-state index in [-0.39, 0.29) is 31.0 Å². The molecule has 0 aromatic heterocycles. The smallest absolute Gasteiger partial charge is 0.265 e. The van der Waals surface area contributed by atoms with Gasteiger partial charge in [0.1, 0.15) is 12.3 Å². The molecule has 6 heteroatoms. The number of ether oxygens (including phenoxy) is 1. The third-order valence-corrected chi connectivity index (χ3v) is 5.56. The van der Waals surface area contributed by atoms with Gasteiger partial charge in [0.25, 0.3) is 5.91 Å². The molecule has 0 radical (unpaired) electrons. The molecule has 2 aliphatic rings. The third kappa shape index (κ3) is 4.77. The lowest BCUT2D eigenvalue weighted by atomic mass is 10.0. The van der Waals surface area contributed by atoms with E-state index in [4.69, 9.17) is 4.74 Å². The summed E-state index contributed by atoms with van der Waals surface area (Å²) in [6.45, 7) is 4.84. The van der Waals surface area contributed by atoms with Crippen LogP contribution in [0.15, 0.2) is 48.5 Å². The highest BCUT2D eigenvalue weighted by Gasteiger charge is 2.28. The molecule has 152 valence electrons. The van der Waals surface area contributed by atoms with Crippen molar-refractivity contribution in [3.63, 3.8) is 0 Å². The van der Waals surface area contributed by atoms with E-state index in [9.17, 15) is 9.59 Å². The highest BCUT2D eigenvalue weighted by molar-refractivity contribution is 6.02. The first-order chi connectivity index (χ1) is 14.1. The second kappa shape index (κ2) is 8.66. The zero-order valence-electron chi connectivity index (χ0n) is 16.8. The molecule has 0 atom stereocenters. The van der Waals surface area contributed by atoms with Gasteiger partial charge in [0.15, 0.2) is 6.61 Å². The largest absolute Gasteiger partial charge is 0.482 e. The summed E-state index contributed by atoms with van der Waals surface area (Å²) < 4.78 is 5.51. The fourth-order valence-electron chi connectivity index (χ4n) is 3.98. The Balaban J connectivity index is 1.29. The van der Waals surface area contributed by atoms with Gasteiger partial charge in [-0.3, -0.25) is 19.4 Å². The van der Waals surface area contributed by atoms with Gasteiger partial charge in [-0.25, -0.2) is 0 Å². The van der Waals surface area contributed by atoms with Gasteiger partial charge >= 0.3 is 0 Å². The molecule has 0 saturated carbocycles. The normalized spacial score (nSPS) is 17.6. The van der Waals surface area contributed by atoms with Gasteiger partial charge in [-0.2, -0.15) is 0 Å². The zero-order valence-corrected chi connectivity index (χ0v) is 16.8. The van der Waals surface area contributed by atoms with E-state index in [1.165, 1.54) is 10.5 Å². The van der Waals surface area contributed by atoms with Crippen LogP contribution in [0.25, 0.3) is 0 Å². The summed E-state index contributed by atoms with van der Waals surface area (Å²) in [5.74, 6) is 0.356. The molecule has 1 saturated heterocycles. The summed E-state index contributed by atoms with van der Waals surface area (Å²) >= 11 is 0. The summed E-state index contributed by atoms with van der Waals surface area (Å²) in [5.41, 5.74) is 3.04. The van der Waals surface area contributed by atoms with Gasteiger partial charge in [-0.1, -0.05) is 36.4 Å². The molecule has 0 bridgehead atoms. The number of fused-ring (bicyclic) bond motifs is 1. The maximum Gasteiger partial charge on any atom is 0.265 e. The van der Waals surface area contributed by atoms with Crippen LogP contribution in [0, 0.1) is 6.92 Å². The molecular formula is C23H27N3O3. The number of carbonyl (C=O) groups excluding carboxylic acids is 2. The van der Waals surface area contributed by atoms with Crippen molar-refractivity contribution < 1.29 is 14.3 Å². The SMILES string of the molecule is Cc1ccc2c(c1)OCC(=O)N2CC(=O)NC1CCN(Cc2ccccc2)CC1. The van der Waals surface area contributed by atoms with Gasteiger partial charge in [-0.15, -0.1) is 0 Å². The first-order valence-electron chi connectivity index (χ1n) is 10.2. The molecule has 29 heavy (non-hydrogen) atoms. The molecule has 0 spiro atoms. The Hall–Kier alpha value is -2.86. The number of piperidine rings is 1. The van der Waals surface area contributed by atoms with E-state index >= 15 is 0 Å². The Morgan fingerprint density at radius 2 is 1.90 bits per heavy atom. The van der Waals surface area contributed by atoms with Crippen molar-refractivity contribution in [3.8, 4) is 5.75 Å². The van der Waals surface area contributed by atoms with Crippen LogP contribution in [0.5, 0.6) is 5.75 Å². The molecule has 2 aliphatic heterocycles. The first-order valence-corrected chi connectivity index (χ1v) is 10.2. The fourth-order valence-corrected chi connectivity index (χ4v) is 3.98. The number of aryl methyl sites for hydroxylation is 1. The molecule has 6 nitrogen and oxygen atoms in total. The number of carbonyl (C=O) groups is 2. The minimum atomic E-state index is -0.186. The highest BCUT2D eigenvalue weighted by Crippen LogP contribution is 2.32. The summed E-state index contributed by atoms with van der Waals surface area (Å²) in [4.78, 5) is 28.9. The van der Waals surface area contributed by atoms with Crippen LogP contribution >= 0.6 is 0 Å². The van der Waals surface area contributed by atoms with Crippen molar-refractivity contribution in [1.29, 1.82) is 0 Å². The fraction of sp³-hybridized carbons (Fsp3) is 0.391. The standard InChI is InChI=1S/C23H27N3O3/c1-17-7-8-20-21(13-17)29-16-23(28)26(20)15-22(27)24-19-9-11-25(12-10-19)14-18-5-3-2-4-6-18/h2-8,13,19H,9-12,14-16H2,1H3,(H,24,27). The molecule has 2 aromatic rings. The van der Waals surface area contributed by atoms with Crippen molar-refractivity contribution in [2.24, 2.45) is 0 Å². The van der Waals surface area contributed by atoms with E-state index in [2.05, 4.69) is 34.5 Å². The van der Waals surface area contributed by atoms with Crippen LogP contribution < -0.4 is 15.0 Å². The Kier molecular flexibility index (Phi) is 5.81. The molecule has 1 fully saturated rings. The number of rotatable bonds is 5. The van der Waals surface area contributed by atoms with Crippen molar-refractivity contribution in [2.75, 3.05) is 31.1 Å². The van der Waals surface area contributed by atoms with Crippen molar-refractivity contribution in [1.82, 2.24) is 10.2 Å². The van der Waals surface area contributed by atoms with E-state index in [0.29, 0.717) is 11.4 Å². The molecule has 2 heterocycles. The lowest BCUT2D eigenvalue weighted by Crippen LogP contribution is -2.49. The number of hydrogen-bond donors (Lipinski definition) is 1. The first kappa shape index (κ1) is 19.5. The maximum atomic E-state index is 12.6. The van der Waals surface area contributed by atoms with E-state index in [0.717, 1.165) is 38.0 Å². The number of likely N-dealkylation sites (tertiary alicyclic amines) is 1. The number of nitrogens with zero attached hydrogens (tertiary/aromatic N) is 2. The predicted molar refractivity (Wildman–Crippen MR) is 112 cm³/mol. The van der Waals surface area contributed by atoms with Crippen LogP contribution in [-0.4, -0.2) is 49.0 Å². The minimum Gasteiger partial charge on any atom is -0.482 e. The van der Waals surface area contributed by atoms with E-state index in [1.54, 1.807) is 0 Å². The maximum absolute atomic E-state index is 12.6. The monoisotopic (exact) mass is 393 g/mol. The number of amides is 2. The van der Waals surface area contributed by atoms with Crippen LogP contribution in [0.4, 0.5) is 5.69 Å². The molecule has 0 aliphatic carbocycles. The van der Waals surface area contributed by atoms with E-state index in [1.807, 2.05) is 31.2 Å². The molecule has 2 aromatic carbocycles. The van der Waals surface area contributed by atoms with Crippen LogP contribution in [0.2, 0.25) is 0 Å². The van der Waals surface area contributed by atoms with Crippen LogP contribution in [0.1, 0.15) is 24.0 Å². The lowest BCUT2D eigenvalue weighted by molar-refractivity contribution is -0.125. The predicted octanol–water partition coefficient (Wildman–Crippen LogP) is 2.50. The molecular weight excluding hydrogens is 366 g/mol. The summed E-state index contributed by atoms with van der Waals surface area (Å²) in [6, 6.07) is 16.3. The second-order valence-electron chi connectivity index (χ2n) is 7.84. The van der Waals surface area contributed by atoms with Gasteiger partial charge in [0.2, 0.25) is 5.91 Å². The third-order valence-electron chi connectivity index (χ3n) is 5.56. The average Bonchev–Trinajstić information content (AvgIpc) is 2.72. The van der Waals surface area contributed by atoms with Gasteiger partial charge in [-0.05, 0) is 43.0 Å².